The lowest BCUT2D eigenvalue weighted by atomic mass is 10.0. The van der Waals surface area contributed by atoms with E-state index in [1.807, 2.05) is 12.1 Å². The van der Waals surface area contributed by atoms with Crippen LogP contribution in [0.25, 0.3) is 0 Å². The van der Waals surface area contributed by atoms with E-state index in [2.05, 4.69) is 10.6 Å². The monoisotopic (exact) mass is 355 g/mol. The quantitative estimate of drug-likeness (QED) is 0.881. The number of aryl methyl sites for hydroxylation is 1. The minimum atomic E-state index is -0.341. The Labute approximate surface area is 149 Å². The van der Waals surface area contributed by atoms with Gasteiger partial charge in [0.05, 0.1) is 10.6 Å². The van der Waals surface area contributed by atoms with E-state index >= 15 is 0 Å². The SMILES string of the molecule is N#Cc1ccc(NC(=O)COc2ccc3c(c2)CCC(=O)N3)cc1Cl. The molecule has 126 valence electrons. The lowest BCUT2D eigenvalue weighted by Gasteiger charge is -2.17. The van der Waals surface area contributed by atoms with E-state index in [4.69, 9.17) is 21.6 Å². The van der Waals surface area contributed by atoms with E-state index < -0.39 is 0 Å². The van der Waals surface area contributed by atoms with Gasteiger partial charge >= 0.3 is 0 Å². The predicted molar refractivity (Wildman–Crippen MR) is 93.7 cm³/mol. The first-order valence-electron chi connectivity index (χ1n) is 7.60. The Hall–Kier alpha value is -3.04. The molecule has 1 heterocycles. The lowest BCUT2D eigenvalue weighted by molar-refractivity contribution is -0.118. The third kappa shape index (κ3) is 4.08. The van der Waals surface area contributed by atoms with Gasteiger partial charge in [-0.15, -0.1) is 0 Å². The zero-order chi connectivity index (χ0) is 17.8. The molecule has 0 spiro atoms. The van der Waals surface area contributed by atoms with Gasteiger partial charge < -0.3 is 15.4 Å². The first kappa shape index (κ1) is 16.8. The smallest absolute Gasteiger partial charge is 0.262 e. The molecular weight excluding hydrogens is 342 g/mol. The fourth-order valence-corrected chi connectivity index (χ4v) is 2.70. The lowest BCUT2D eigenvalue weighted by Crippen LogP contribution is -2.21. The van der Waals surface area contributed by atoms with Crippen molar-refractivity contribution in [3.8, 4) is 11.8 Å². The summed E-state index contributed by atoms with van der Waals surface area (Å²) in [6, 6.07) is 11.9. The van der Waals surface area contributed by atoms with Crippen LogP contribution in [0, 0.1) is 11.3 Å². The highest BCUT2D eigenvalue weighted by molar-refractivity contribution is 6.32. The summed E-state index contributed by atoms with van der Waals surface area (Å²) >= 11 is 5.93. The number of fused-ring (bicyclic) bond motifs is 1. The molecule has 0 fully saturated rings. The Morgan fingerprint density at radius 3 is 2.88 bits per heavy atom. The van der Waals surface area contributed by atoms with E-state index in [0.29, 0.717) is 29.8 Å². The molecule has 0 radical (unpaired) electrons. The summed E-state index contributed by atoms with van der Waals surface area (Å²) < 4.78 is 5.50. The fourth-order valence-electron chi connectivity index (χ4n) is 2.48. The third-order valence-electron chi connectivity index (χ3n) is 3.72. The average molecular weight is 356 g/mol. The number of anilines is 2. The van der Waals surface area contributed by atoms with Crippen LogP contribution in [0.3, 0.4) is 0 Å². The highest BCUT2D eigenvalue weighted by atomic mass is 35.5. The first-order chi connectivity index (χ1) is 12.0. The third-order valence-corrected chi connectivity index (χ3v) is 4.03. The number of nitriles is 1. The summed E-state index contributed by atoms with van der Waals surface area (Å²) in [5, 5.41) is 14.6. The molecule has 3 rings (SSSR count). The van der Waals surface area contributed by atoms with Gasteiger partial charge in [-0.2, -0.15) is 5.26 Å². The molecule has 0 unspecified atom stereocenters. The maximum atomic E-state index is 12.0. The van der Waals surface area contributed by atoms with Crippen molar-refractivity contribution < 1.29 is 14.3 Å². The van der Waals surface area contributed by atoms with Crippen molar-refractivity contribution in [1.82, 2.24) is 0 Å². The molecule has 6 nitrogen and oxygen atoms in total. The second-order valence-electron chi connectivity index (χ2n) is 5.51. The molecule has 0 atom stereocenters. The van der Waals surface area contributed by atoms with Gasteiger partial charge in [-0.1, -0.05) is 11.6 Å². The Balaban J connectivity index is 1.58. The molecule has 0 aromatic heterocycles. The normalized spacial score (nSPS) is 12.6. The minimum absolute atomic E-state index is 0.00150. The Bertz CT molecular complexity index is 890. The van der Waals surface area contributed by atoms with E-state index in [0.717, 1.165) is 11.3 Å². The van der Waals surface area contributed by atoms with E-state index in [-0.39, 0.29) is 23.4 Å². The number of halogens is 1. The molecule has 0 saturated carbocycles. The number of rotatable bonds is 4. The van der Waals surface area contributed by atoms with Gasteiger partial charge in [0.1, 0.15) is 11.8 Å². The molecule has 2 aromatic carbocycles. The van der Waals surface area contributed by atoms with Crippen LogP contribution in [-0.2, 0) is 16.0 Å². The standard InChI is InChI=1S/C18H14ClN3O3/c19-15-8-13(3-1-12(15)9-20)21-18(24)10-25-14-4-5-16-11(7-14)2-6-17(23)22-16/h1,3-5,7-8H,2,6,10H2,(H,21,24)(H,22,23). The van der Waals surface area contributed by atoms with Crippen LogP contribution in [0.1, 0.15) is 17.5 Å². The summed E-state index contributed by atoms with van der Waals surface area (Å²) in [6.45, 7) is -0.164. The molecule has 1 aliphatic heterocycles. The zero-order valence-corrected chi connectivity index (χ0v) is 13.9. The van der Waals surface area contributed by atoms with Gasteiger partial charge in [0.15, 0.2) is 6.61 Å². The Morgan fingerprint density at radius 2 is 2.12 bits per heavy atom. The number of carbonyl (C=O) groups is 2. The van der Waals surface area contributed by atoms with Crippen LogP contribution in [0.2, 0.25) is 5.02 Å². The van der Waals surface area contributed by atoms with Gasteiger partial charge in [0, 0.05) is 17.8 Å². The summed E-state index contributed by atoms with van der Waals surface area (Å²) in [6.07, 6.45) is 1.09. The Kier molecular flexibility index (Phi) is 4.87. The molecule has 0 bridgehead atoms. The molecule has 2 aromatic rings. The van der Waals surface area contributed by atoms with Crippen molar-refractivity contribution >= 4 is 34.8 Å². The van der Waals surface area contributed by atoms with Crippen LogP contribution >= 0.6 is 11.6 Å². The molecule has 1 aliphatic rings. The van der Waals surface area contributed by atoms with Crippen LogP contribution in [0.15, 0.2) is 36.4 Å². The molecule has 7 heteroatoms. The number of amides is 2. The van der Waals surface area contributed by atoms with Crippen molar-refractivity contribution in [2.24, 2.45) is 0 Å². The number of nitrogens with zero attached hydrogens (tertiary/aromatic N) is 1. The van der Waals surface area contributed by atoms with Crippen molar-refractivity contribution in [1.29, 1.82) is 5.26 Å². The summed E-state index contributed by atoms with van der Waals surface area (Å²) in [4.78, 5) is 23.3. The van der Waals surface area contributed by atoms with Gasteiger partial charge in [0.25, 0.3) is 5.91 Å². The largest absolute Gasteiger partial charge is 0.484 e. The van der Waals surface area contributed by atoms with E-state index in [9.17, 15) is 9.59 Å². The number of nitrogens with one attached hydrogen (secondary N) is 2. The second-order valence-corrected chi connectivity index (χ2v) is 5.92. The van der Waals surface area contributed by atoms with E-state index in [1.54, 1.807) is 18.2 Å². The maximum absolute atomic E-state index is 12.0. The highest BCUT2D eigenvalue weighted by Crippen LogP contribution is 2.27. The van der Waals surface area contributed by atoms with Crippen molar-refractivity contribution in [2.45, 2.75) is 12.8 Å². The summed E-state index contributed by atoms with van der Waals surface area (Å²) in [5.41, 5.74) is 2.60. The van der Waals surface area contributed by atoms with Crippen LogP contribution in [0.4, 0.5) is 11.4 Å². The molecule has 25 heavy (non-hydrogen) atoms. The van der Waals surface area contributed by atoms with Crippen molar-refractivity contribution in [2.75, 3.05) is 17.2 Å². The second kappa shape index (κ2) is 7.24. The Morgan fingerprint density at radius 1 is 1.28 bits per heavy atom. The van der Waals surface area contributed by atoms with Gasteiger partial charge in [-0.05, 0) is 48.4 Å². The molecule has 2 amide bonds. The van der Waals surface area contributed by atoms with E-state index in [1.165, 1.54) is 12.1 Å². The highest BCUT2D eigenvalue weighted by Gasteiger charge is 2.15. The number of hydrogen-bond donors (Lipinski definition) is 2. The molecule has 0 aliphatic carbocycles. The number of benzene rings is 2. The molecular formula is C18H14ClN3O3. The number of hydrogen-bond acceptors (Lipinski definition) is 4. The van der Waals surface area contributed by atoms with Gasteiger partial charge in [0.2, 0.25) is 5.91 Å². The van der Waals surface area contributed by atoms with Crippen molar-refractivity contribution in [3.05, 3.63) is 52.5 Å². The maximum Gasteiger partial charge on any atom is 0.262 e. The topological polar surface area (TPSA) is 91.2 Å². The first-order valence-corrected chi connectivity index (χ1v) is 7.98. The van der Waals surface area contributed by atoms with Gasteiger partial charge in [-0.25, -0.2) is 0 Å². The fraction of sp³-hybridized carbons (Fsp3) is 0.167. The number of carbonyl (C=O) groups excluding carboxylic acids is 2. The van der Waals surface area contributed by atoms with Crippen LogP contribution in [0.5, 0.6) is 5.75 Å². The zero-order valence-electron chi connectivity index (χ0n) is 13.1. The average Bonchev–Trinajstić information content (AvgIpc) is 2.60. The number of ether oxygens (including phenoxy) is 1. The summed E-state index contributed by atoms with van der Waals surface area (Å²) in [7, 11) is 0. The molecule has 0 saturated heterocycles. The predicted octanol–water partition coefficient (Wildman–Crippen LogP) is 3.11. The molecule has 2 N–H and O–H groups in total. The van der Waals surface area contributed by atoms with Crippen LogP contribution in [-0.4, -0.2) is 18.4 Å². The minimum Gasteiger partial charge on any atom is -0.484 e. The van der Waals surface area contributed by atoms with Crippen LogP contribution < -0.4 is 15.4 Å². The van der Waals surface area contributed by atoms with Gasteiger partial charge in [-0.3, -0.25) is 9.59 Å². The summed E-state index contributed by atoms with van der Waals surface area (Å²) in [5.74, 6) is 0.219. The van der Waals surface area contributed by atoms with Crippen molar-refractivity contribution in [3.63, 3.8) is 0 Å².